The molecule has 2 N–H and O–H groups in total. The molecule has 2 rings (SSSR count). The van der Waals surface area contributed by atoms with Gasteiger partial charge in [0.05, 0.1) is 37.0 Å². The second-order valence-corrected chi connectivity index (χ2v) is 6.77. The fourth-order valence-electron chi connectivity index (χ4n) is 2.94. The molecule has 0 bridgehead atoms. The number of rotatable bonds is 7. The number of urea groups is 1. The second-order valence-electron chi connectivity index (χ2n) is 6.37. The Balaban J connectivity index is 2.60. The molecule has 1 aliphatic rings. The molecule has 1 aromatic carbocycles. The van der Waals surface area contributed by atoms with Crippen LogP contribution in [0.1, 0.15) is 45.2 Å². The Bertz CT molecular complexity index is 761. The van der Waals surface area contributed by atoms with Crippen LogP contribution in [-0.2, 0) is 9.53 Å². The Kier molecular flexibility index (Phi) is 6.96. The van der Waals surface area contributed by atoms with E-state index in [4.69, 9.17) is 25.8 Å². The SMILES string of the molecule is CCCC1=C(C(=O)OC(C)C)C(c2cc(Cl)c(OC)c(OC)c2)NC(=O)N1. The van der Waals surface area contributed by atoms with Gasteiger partial charge in [-0.3, -0.25) is 0 Å². The Morgan fingerprint density at radius 2 is 1.96 bits per heavy atom. The molecule has 1 heterocycles. The van der Waals surface area contributed by atoms with Crippen molar-refractivity contribution in [1.82, 2.24) is 10.6 Å². The first-order valence-corrected chi connectivity index (χ1v) is 9.13. The van der Waals surface area contributed by atoms with Crippen LogP contribution in [0.3, 0.4) is 0 Å². The highest BCUT2D eigenvalue weighted by Gasteiger charge is 2.34. The third kappa shape index (κ3) is 4.66. The minimum Gasteiger partial charge on any atom is -0.493 e. The maximum Gasteiger partial charge on any atom is 0.338 e. The number of benzene rings is 1. The van der Waals surface area contributed by atoms with Gasteiger partial charge in [0.25, 0.3) is 0 Å². The number of nitrogens with one attached hydrogen (secondary N) is 2. The van der Waals surface area contributed by atoms with E-state index in [0.29, 0.717) is 39.8 Å². The molecule has 7 nitrogen and oxygen atoms in total. The van der Waals surface area contributed by atoms with Crippen molar-refractivity contribution in [2.24, 2.45) is 0 Å². The summed E-state index contributed by atoms with van der Waals surface area (Å²) in [6, 6.07) is 2.22. The number of allylic oxidation sites excluding steroid dienone is 1. The van der Waals surface area contributed by atoms with E-state index < -0.39 is 18.0 Å². The molecular weight excluding hydrogens is 372 g/mol. The highest BCUT2D eigenvalue weighted by Crippen LogP contribution is 2.40. The van der Waals surface area contributed by atoms with Gasteiger partial charge in [0.15, 0.2) is 11.5 Å². The molecule has 148 valence electrons. The number of hydrogen-bond acceptors (Lipinski definition) is 5. The summed E-state index contributed by atoms with van der Waals surface area (Å²) >= 11 is 6.31. The maximum absolute atomic E-state index is 12.8. The van der Waals surface area contributed by atoms with Gasteiger partial charge >= 0.3 is 12.0 Å². The third-order valence-electron chi connectivity index (χ3n) is 4.01. The van der Waals surface area contributed by atoms with Crippen LogP contribution in [0, 0.1) is 0 Å². The van der Waals surface area contributed by atoms with Crippen molar-refractivity contribution in [3.63, 3.8) is 0 Å². The van der Waals surface area contributed by atoms with Gasteiger partial charge in [-0.15, -0.1) is 0 Å². The molecule has 2 amide bonds. The number of amides is 2. The summed E-state index contributed by atoms with van der Waals surface area (Å²) in [4.78, 5) is 25.0. The van der Waals surface area contributed by atoms with Gasteiger partial charge in [-0.1, -0.05) is 24.9 Å². The molecule has 27 heavy (non-hydrogen) atoms. The highest BCUT2D eigenvalue weighted by molar-refractivity contribution is 6.32. The van der Waals surface area contributed by atoms with Crippen LogP contribution < -0.4 is 20.1 Å². The van der Waals surface area contributed by atoms with Crippen LogP contribution in [0.2, 0.25) is 5.02 Å². The Morgan fingerprint density at radius 3 is 2.52 bits per heavy atom. The van der Waals surface area contributed by atoms with Gasteiger partial charge in [0.2, 0.25) is 0 Å². The standard InChI is InChI=1S/C19H25ClN2O5/c1-6-7-13-15(18(23)27-10(2)3)16(22-19(24)21-13)11-8-12(20)17(26-5)14(9-11)25-4/h8-10,16H,6-7H2,1-5H3,(H2,21,22,24). The van der Waals surface area contributed by atoms with Gasteiger partial charge in [0.1, 0.15) is 0 Å². The lowest BCUT2D eigenvalue weighted by Gasteiger charge is -2.30. The largest absolute Gasteiger partial charge is 0.493 e. The second kappa shape index (κ2) is 8.99. The highest BCUT2D eigenvalue weighted by atomic mass is 35.5. The number of esters is 1. The van der Waals surface area contributed by atoms with Gasteiger partial charge < -0.3 is 24.8 Å². The lowest BCUT2D eigenvalue weighted by atomic mass is 9.93. The Morgan fingerprint density at radius 1 is 1.26 bits per heavy atom. The predicted molar refractivity (Wildman–Crippen MR) is 102 cm³/mol. The van der Waals surface area contributed by atoms with Crippen LogP contribution in [0.25, 0.3) is 0 Å². The summed E-state index contributed by atoms with van der Waals surface area (Å²) in [7, 11) is 2.98. The molecule has 0 radical (unpaired) electrons. The molecule has 0 aliphatic carbocycles. The zero-order chi connectivity index (χ0) is 20.1. The van der Waals surface area contributed by atoms with Crippen molar-refractivity contribution in [2.45, 2.75) is 45.8 Å². The van der Waals surface area contributed by atoms with Crippen LogP contribution in [0.15, 0.2) is 23.4 Å². The summed E-state index contributed by atoms with van der Waals surface area (Å²) < 4.78 is 16.0. The fraction of sp³-hybridized carbons (Fsp3) is 0.474. The van der Waals surface area contributed by atoms with Crippen LogP contribution in [-0.4, -0.2) is 32.3 Å². The van der Waals surface area contributed by atoms with Crippen molar-refractivity contribution in [3.05, 3.63) is 34.0 Å². The smallest absolute Gasteiger partial charge is 0.338 e. The number of hydrogen-bond donors (Lipinski definition) is 2. The van der Waals surface area contributed by atoms with Gasteiger partial charge in [0, 0.05) is 5.70 Å². The summed E-state index contributed by atoms with van der Waals surface area (Å²) in [5.41, 5.74) is 1.49. The number of methoxy groups -OCH3 is 2. The first-order chi connectivity index (χ1) is 12.8. The molecule has 0 aromatic heterocycles. The van der Waals surface area contributed by atoms with E-state index in [-0.39, 0.29) is 6.10 Å². The minimum absolute atomic E-state index is 0.292. The predicted octanol–water partition coefficient (Wildman–Crippen LogP) is 3.72. The number of carbonyl (C=O) groups excluding carboxylic acids is 2. The molecule has 0 saturated carbocycles. The van der Waals surface area contributed by atoms with Crippen molar-refractivity contribution < 1.29 is 23.8 Å². The lowest BCUT2D eigenvalue weighted by molar-refractivity contribution is -0.143. The molecule has 0 fully saturated rings. The maximum atomic E-state index is 12.8. The average Bonchev–Trinajstić information content (AvgIpc) is 2.59. The van der Waals surface area contributed by atoms with E-state index in [1.807, 2.05) is 6.92 Å². The number of carbonyl (C=O) groups is 2. The Hall–Kier alpha value is -2.41. The molecular formula is C19H25ClN2O5. The van der Waals surface area contributed by atoms with E-state index in [0.717, 1.165) is 6.42 Å². The van der Waals surface area contributed by atoms with Crippen LogP contribution >= 0.6 is 11.6 Å². The van der Waals surface area contributed by atoms with Gasteiger partial charge in [-0.05, 0) is 38.0 Å². The van der Waals surface area contributed by atoms with Crippen LogP contribution in [0.5, 0.6) is 11.5 Å². The number of halogens is 1. The minimum atomic E-state index is -0.719. The van der Waals surface area contributed by atoms with Crippen molar-refractivity contribution in [1.29, 1.82) is 0 Å². The summed E-state index contributed by atoms with van der Waals surface area (Å²) in [6.45, 7) is 5.51. The van der Waals surface area contributed by atoms with Gasteiger partial charge in [-0.25, -0.2) is 9.59 Å². The summed E-state index contributed by atoms with van der Waals surface area (Å²) in [6.07, 6.45) is 1.00. The van der Waals surface area contributed by atoms with E-state index in [1.165, 1.54) is 14.2 Å². The Labute approximate surface area is 164 Å². The molecule has 0 saturated heterocycles. The van der Waals surface area contributed by atoms with Crippen molar-refractivity contribution in [3.8, 4) is 11.5 Å². The first-order valence-electron chi connectivity index (χ1n) is 8.75. The van der Waals surface area contributed by atoms with Crippen LogP contribution in [0.4, 0.5) is 4.79 Å². The molecule has 1 unspecified atom stereocenters. The molecule has 8 heteroatoms. The quantitative estimate of drug-likeness (QED) is 0.686. The molecule has 1 aromatic rings. The third-order valence-corrected chi connectivity index (χ3v) is 4.29. The number of ether oxygens (including phenoxy) is 3. The van der Waals surface area contributed by atoms with E-state index >= 15 is 0 Å². The zero-order valence-electron chi connectivity index (χ0n) is 16.1. The van der Waals surface area contributed by atoms with Crippen molar-refractivity contribution >= 4 is 23.6 Å². The molecule has 1 aliphatic heterocycles. The summed E-state index contributed by atoms with van der Waals surface area (Å²) in [5.74, 6) is 0.297. The fourth-order valence-corrected chi connectivity index (χ4v) is 3.23. The summed E-state index contributed by atoms with van der Waals surface area (Å²) in [5, 5.41) is 5.82. The van der Waals surface area contributed by atoms with E-state index in [1.54, 1.807) is 26.0 Å². The van der Waals surface area contributed by atoms with E-state index in [9.17, 15) is 9.59 Å². The molecule has 1 atom stereocenters. The first kappa shape index (κ1) is 20.9. The van der Waals surface area contributed by atoms with Crippen molar-refractivity contribution in [2.75, 3.05) is 14.2 Å². The van der Waals surface area contributed by atoms with Gasteiger partial charge in [-0.2, -0.15) is 0 Å². The zero-order valence-corrected chi connectivity index (χ0v) is 16.9. The lowest BCUT2D eigenvalue weighted by Crippen LogP contribution is -2.46. The average molecular weight is 397 g/mol. The normalized spacial score (nSPS) is 16.7. The topological polar surface area (TPSA) is 85.9 Å². The molecule has 0 spiro atoms. The monoisotopic (exact) mass is 396 g/mol. The van der Waals surface area contributed by atoms with E-state index in [2.05, 4.69) is 10.6 Å².